The normalized spacial score (nSPS) is 35.3. The topological polar surface area (TPSA) is 20.2 Å². The molecular formula is C15H26O. The standard InChI is InChI=1S/C15H26O/c1-14(2)11-7-8-12-15(14,16)13-9-5-3-4-6-10-13/h9,16H,3-8,10-12H2,1-2H3. The molecule has 1 heteroatoms. The van der Waals surface area contributed by atoms with E-state index in [-0.39, 0.29) is 5.41 Å². The quantitative estimate of drug-likeness (QED) is 0.659. The van der Waals surface area contributed by atoms with Gasteiger partial charge < -0.3 is 5.11 Å². The number of hydrogen-bond acceptors (Lipinski definition) is 1. The van der Waals surface area contributed by atoms with Gasteiger partial charge in [0.25, 0.3) is 0 Å². The van der Waals surface area contributed by atoms with Crippen molar-refractivity contribution in [2.75, 3.05) is 0 Å². The minimum atomic E-state index is -0.504. The molecule has 2 aliphatic carbocycles. The first-order valence-electron chi connectivity index (χ1n) is 6.98. The minimum absolute atomic E-state index is 0.0709. The summed E-state index contributed by atoms with van der Waals surface area (Å²) in [4.78, 5) is 0. The average molecular weight is 222 g/mol. The molecule has 0 heterocycles. The summed E-state index contributed by atoms with van der Waals surface area (Å²) in [6.45, 7) is 4.50. The Labute approximate surface area is 99.9 Å². The van der Waals surface area contributed by atoms with Gasteiger partial charge in [0, 0.05) is 0 Å². The molecular weight excluding hydrogens is 196 g/mol. The Balaban J connectivity index is 2.24. The summed E-state index contributed by atoms with van der Waals surface area (Å²) in [6, 6.07) is 0. The maximum absolute atomic E-state index is 11.1. The highest BCUT2D eigenvalue weighted by atomic mass is 16.3. The van der Waals surface area contributed by atoms with Crippen LogP contribution in [0, 0.1) is 5.41 Å². The fourth-order valence-electron chi connectivity index (χ4n) is 3.48. The second kappa shape index (κ2) is 4.52. The van der Waals surface area contributed by atoms with Crippen LogP contribution in [-0.4, -0.2) is 10.7 Å². The van der Waals surface area contributed by atoms with Crippen LogP contribution in [0.2, 0.25) is 0 Å². The number of rotatable bonds is 1. The van der Waals surface area contributed by atoms with Crippen LogP contribution in [-0.2, 0) is 0 Å². The van der Waals surface area contributed by atoms with E-state index in [0.717, 1.165) is 12.8 Å². The van der Waals surface area contributed by atoms with E-state index in [1.807, 2.05) is 0 Å². The lowest BCUT2D eigenvalue weighted by molar-refractivity contribution is -0.0683. The summed E-state index contributed by atoms with van der Waals surface area (Å²) in [5, 5.41) is 11.1. The number of allylic oxidation sites excluding steroid dienone is 1. The molecule has 0 radical (unpaired) electrons. The van der Waals surface area contributed by atoms with Gasteiger partial charge in [-0.1, -0.05) is 39.2 Å². The Bertz CT molecular complexity index is 277. The van der Waals surface area contributed by atoms with E-state index in [2.05, 4.69) is 19.9 Å². The first kappa shape index (κ1) is 12.2. The molecule has 0 amide bonds. The van der Waals surface area contributed by atoms with Crippen LogP contribution in [0.15, 0.2) is 11.6 Å². The predicted molar refractivity (Wildman–Crippen MR) is 68.4 cm³/mol. The lowest BCUT2D eigenvalue weighted by atomic mass is 9.61. The van der Waals surface area contributed by atoms with Crippen molar-refractivity contribution in [3.63, 3.8) is 0 Å². The molecule has 2 rings (SSSR count). The minimum Gasteiger partial charge on any atom is -0.385 e. The summed E-state index contributed by atoms with van der Waals surface area (Å²) in [5.74, 6) is 0. The van der Waals surface area contributed by atoms with Gasteiger partial charge in [-0.2, -0.15) is 0 Å². The Hall–Kier alpha value is -0.300. The summed E-state index contributed by atoms with van der Waals surface area (Å²) >= 11 is 0. The molecule has 0 aromatic rings. The van der Waals surface area contributed by atoms with E-state index in [4.69, 9.17) is 0 Å². The van der Waals surface area contributed by atoms with Crippen LogP contribution in [0.25, 0.3) is 0 Å². The Morgan fingerprint density at radius 2 is 1.75 bits per heavy atom. The first-order chi connectivity index (χ1) is 7.56. The third-order valence-corrected chi connectivity index (χ3v) is 4.78. The van der Waals surface area contributed by atoms with Crippen molar-refractivity contribution >= 4 is 0 Å². The third kappa shape index (κ3) is 2.07. The smallest absolute Gasteiger partial charge is 0.0907 e. The SMILES string of the molecule is CC1(C)CCCCC1(O)C1=CCCCCC1. The molecule has 1 atom stereocenters. The van der Waals surface area contributed by atoms with Gasteiger partial charge in [0.2, 0.25) is 0 Å². The van der Waals surface area contributed by atoms with Gasteiger partial charge in [0.1, 0.15) is 0 Å². The molecule has 0 aromatic heterocycles. The van der Waals surface area contributed by atoms with Crippen molar-refractivity contribution in [3.8, 4) is 0 Å². The molecule has 0 saturated heterocycles. The zero-order valence-electron chi connectivity index (χ0n) is 10.9. The molecule has 0 aliphatic heterocycles. The maximum atomic E-state index is 11.1. The number of aliphatic hydroxyl groups is 1. The molecule has 0 spiro atoms. The second-order valence-electron chi connectivity index (χ2n) is 6.28. The average Bonchev–Trinajstić information content (AvgIpc) is 2.51. The summed E-state index contributed by atoms with van der Waals surface area (Å²) in [5.41, 5.74) is 0.923. The zero-order chi connectivity index (χ0) is 11.6. The number of hydrogen-bond donors (Lipinski definition) is 1. The van der Waals surface area contributed by atoms with E-state index in [9.17, 15) is 5.11 Å². The van der Waals surface area contributed by atoms with Gasteiger partial charge in [0.15, 0.2) is 0 Å². The Morgan fingerprint density at radius 3 is 2.50 bits per heavy atom. The van der Waals surface area contributed by atoms with E-state index >= 15 is 0 Å². The van der Waals surface area contributed by atoms with Crippen molar-refractivity contribution in [1.29, 1.82) is 0 Å². The van der Waals surface area contributed by atoms with E-state index in [1.54, 1.807) is 0 Å². The van der Waals surface area contributed by atoms with Crippen LogP contribution in [0.3, 0.4) is 0 Å². The van der Waals surface area contributed by atoms with Crippen molar-refractivity contribution in [2.24, 2.45) is 5.41 Å². The highest BCUT2D eigenvalue weighted by molar-refractivity contribution is 5.23. The monoisotopic (exact) mass is 222 g/mol. The van der Waals surface area contributed by atoms with Crippen LogP contribution in [0.1, 0.15) is 71.6 Å². The molecule has 1 fully saturated rings. The molecule has 0 aromatic carbocycles. The molecule has 1 saturated carbocycles. The molecule has 1 nitrogen and oxygen atoms in total. The van der Waals surface area contributed by atoms with Crippen LogP contribution in [0.5, 0.6) is 0 Å². The molecule has 0 bridgehead atoms. The Kier molecular flexibility index (Phi) is 3.44. The van der Waals surface area contributed by atoms with Gasteiger partial charge in [-0.05, 0) is 49.5 Å². The van der Waals surface area contributed by atoms with E-state index in [0.29, 0.717) is 0 Å². The summed E-state index contributed by atoms with van der Waals surface area (Å²) in [7, 11) is 0. The molecule has 92 valence electrons. The van der Waals surface area contributed by atoms with E-state index < -0.39 is 5.60 Å². The van der Waals surface area contributed by atoms with E-state index in [1.165, 1.54) is 50.5 Å². The van der Waals surface area contributed by atoms with Crippen molar-refractivity contribution in [3.05, 3.63) is 11.6 Å². The van der Waals surface area contributed by atoms with Crippen LogP contribution < -0.4 is 0 Å². The first-order valence-corrected chi connectivity index (χ1v) is 6.98. The molecule has 1 N–H and O–H groups in total. The molecule has 1 unspecified atom stereocenters. The van der Waals surface area contributed by atoms with Gasteiger partial charge >= 0.3 is 0 Å². The van der Waals surface area contributed by atoms with Gasteiger partial charge in [-0.3, -0.25) is 0 Å². The fourth-order valence-corrected chi connectivity index (χ4v) is 3.48. The summed E-state index contributed by atoms with van der Waals surface area (Å²) < 4.78 is 0. The largest absolute Gasteiger partial charge is 0.385 e. The third-order valence-electron chi connectivity index (χ3n) is 4.78. The summed E-state index contributed by atoms with van der Waals surface area (Å²) in [6.07, 6.45) is 13.2. The van der Waals surface area contributed by atoms with Gasteiger partial charge in [-0.25, -0.2) is 0 Å². The van der Waals surface area contributed by atoms with Crippen molar-refractivity contribution < 1.29 is 5.11 Å². The van der Waals surface area contributed by atoms with Gasteiger partial charge in [-0.15, -0.1) is 0 Å². The maximum Gasteiger partial charge on any atom is 0.0907 e. The van der Waals surface area contributed by atoms with Gasteiger partial charge in [0.05, 0.1) is 5.60 Å². The van der Waals surface area contributed by atoms with Crippen LogP contribution in [0.4, 0.5) is 0 Å². The zero-order valence-corrected chi connectivity index (χ0v) is 10.9. The lowest BCUT2D eigenvalue weighted by Crippen LogP contribution is -2.48. The lowest BCUT2D eigenvalue weighted by Gasteiger charge is -2.48. The van der Waals surface area contributed by atoms with Crippen molar-refractivity contribution in [1.82, 2.24) is 0 Å². The van der Waals surface area contributed by atoms with Crippen LogP contribution >= 0.6 is 0 Å². The predicted octanol–water partition coefficient (Wildman–Crippen LogP) is 4.21. The Morgan fingerprint density at radius 1 is 1.00 bits per heavy atom. The molecule has 16 heavy (non-hydrogen) atoms. The fraction of sp³-hybridized carbons (Fsp3) is 0.867. The second-order valence-corrected chi connectivity index (χ2v) is 6.28. The molecule has 2 aliphatic rings. The highest BCUT2D eigenvalue weighted by Crippen LogP contribution is 2.49. The highest BCUT2D eigenvalue weighted by Gasteiger charge is 2.47. The van der Waals surface area contributed by atoms with Crippen molar-refractivity contribution in [2.45, 2.75) is 77.2 Å².